The van der Waals surface area contributed by atoms with Crippen LogP contribution in [-0.4, -0.2) is 18.0 Å². The van der Waals surface area contributed by atoms with Crippen LogP contribution < -0.4 is 10.6 Å². The minimum absolute atomic E-state index is 0.0250. The summed E-state index contributed by atoms with van der Waals surface area (Å²) in [7, 11) is 0. The average Bonchev–Trinajstić information content (AvgIpc) is 2.31. The van der Waals surface area contributed by atoms with E-state index in [-0.39, 0.29) is 11.4 Å². The molecule has 0 bridgehead atoms. The Labute approximate surface area is 116 Å². The molecule has 1 aliphatic carbocycles. The van der Waals surface area contributed by atoms with Gasteiger partial charge < -0.3 is 10.6 Å². The molecule has 1 aromatic rings. The van der Waals surface area contributed by atoms with Crippen LogP contribution in [0.15, 0.2) is 28.7 Å². The molecule has 0 radical (unpaired) electrons. The van der Waals surface area contributed by atoms with Gasteiger partial charge in [-0.05, 0) is 49.9 Å². The second kappa shape index (κ2) is 5.85. The third kappa shape index (κ3) is 3.33. The minimum atomic E-state index is 0.0250. The molecule has 1 amide bonds. The zero-order valence-corrected chi connectivity index (χ0v) is 12.2. The van der Waals surface area contributed by atoms with Crippen LogP contribution in [0.1, 0.15) is 32.6 Å². The van der Waals surface area contributed by atoms with E-state index in [9.17, 15) is 4.79 Å². The van der Waals surface area contributed by atoms with Crippen molar-refractivity contribution in [1.82, 2.24) is 5.32 Å². The van der Waals surface area contributed by atoms with Crippen molar-refractivity contribution >= 4 is 27.5 Å². The van der Waals surface area contributed by atoms with Crippen LogP contribution in [0.25, 0.3) is 0 Å². The van der Waals surface area contributed by atoms with Crippen LogP contribution in [0.2, 0.25) is 0 Å². The second-order valence-corrected chi connectivity index (χ2v) is 5.81. The van der Waals surface area contributed by atoms with E-state index in [1.807, 2.05) is 24.3 Å². The fourth-order valence-electron chi connectivity index (χ4n) is 2.27. The molecule has 1 aliphatic rings. The Kier molecular flexibility index (Phi) is 4.40. The number of carbonyl (C=O) groups is 1. The number of rotatable bonds is 5. The molecule has 0 unspecified atom stereocenters. The van der Waals surface area contributed by atoms with Crippen molar-refractivity contribution in [2.45, 2.75) is 38.1 Å². The van der Waals surface area contributed by atoms with E-state index in [4.69, 9.17) is 0 Å². The van der Waals surface area contributed by atoms with Gasteiger partial charge in [0, 0.05) is 15.7 Å². The molecular weight excluding hydrogens is 292 g/mol. The van der Waals surface area contributed by atoms with E-state index in [0.717, 1.165) is 16.6 Å². The largest absolute Gasteiger partial charge is 0.325 e. The first-order valence-electron chi connectivity index (χ1n) is 6.44. The van der Waals surface area contributed by atoms with Gasteiger partial charge in [0.25, 0.3) is 0 Å². The Morgan fingerprint density at radius 1 is 1.33 bits per heavy atom. The van der Waals surface area contributed by atoms with E-state index >= 15 is 0 Å². The molecule has 1 saturated carbocycles. The summed E-state index contributed by atoms with van der Waals surface area (Å²) in [6.45, 7) is 2.57. The molecule has 2 rings (SSSR count). The molecule has 18 heavy (non-hydrogen) atoms. The van der Waals surface area contributed by atoms with Crippen LogP contribution in [0.3, 0.4) is 0 Å². The van der Waals surface area contributed by atoms with Gasteiger partial charge in [0.1, 0.15) is 0 Å². The van der Waals surface area contributed by atoms with Crippen molar-refractivity contribution in [3.8, 4) is 0 Å². The Balaban J connectivity index is 1.80. The van der Waals surface area contributed by atoms with Crippen LogP contribution in [-0.2, 0) is 4.79 Å². The molecule has 0 spiro atoms. The third-order valence-electron chi connectivity index (χ3n) is 3.74. The molecule has 0 aliphatic heterocycles. The number of benzene rings is 1. The summed E-state index contributed by atoms with van der Waals surface area (Å²) in [4.78, 5) is 11.8. The highest BCUT2D eigenvalue weighted by atomic mass is 79.9. The number of amides is 1. The number of halogens is 1. The first-order valence-corrected chi connectivity index (χ1v) is 7.23. The predicted molar refractivity (Wildman–Crippen MR) is 77.6 cm³/mol. The highest BCUT2D eigenvalue weighted by Gasteiger charge is 2.34. The maximum Gasteiger partial charge on any atom is 0.238 e. The molecule has 1 fully saturated rings. The van der Waals surface area contributed by atoms with E-state index in [1.54, 1.807) is 0 Å². The van der Waals surface area contributed by atoms with E-state index in [2.05, 4.69) is 33.5 Å². The summed E-state index contributed by atoms with van der Waals surface area (Å²) < 4.78 is 1.01. The van der Waals surface area contributed by atoms with Crippen molar-refractivity contribution in [2.24, 2.45) is 0 Å². The Morgan fingerprint density at radius 2 is 2.00 bits per heavy atom. The SMILES string of the molecule is CCC1(NCC(=O)Nc2ccc(Br)cc2)CCC1. The van der Waals surface area contributed by atoms with Gasteiger partial charge in [0.2, 0.25) is 5.91 Å². The third-order valence-corrected chi connectivity index (χ3v) is 4.27. The maximum absolute atomic E-state index is 11.8. The fourth-order valence-corrected chi connectivity index (χ4v) is 2.53. The van der Waals surface area contributed by atoms with Crippen molar-refractivity contribution in [3.63, 3.8) is 0 Å². The second-order valence-electron chi connectivity index (χ2n) is 4.90. The molecule has 0 atom stereocenters. The van der Waals surface area contributed by atoms with E-state index in [0.29, 0.717) is 6.54 Å². The summed E-state index contributed by atoms with van der Waals surface area (Å²) in [6, 6.07) is 7.62. The number of nitrogens with one attached hydrogen (secondary N) is 2. The lowest BCUT2D eigenvalue weighted by molar-refractivity contribution is -0.116. The van der Waals surface area contributed by atoms with Gasteiger partial charge in [0.05, 0.1) is 6.54 Å². The fraction of sp³-hybridized carbons (Fsp3) is 0.500. The van der Waals surface area contributed by atoms with Crippen LogP contribution in [0.5, 0.6) is 0 Å². The van der Waals surface area contributed by atoms with Gasteiger partial charge in [-0.25, -0.2) is 0 Å². The lowest BCUT2D eigenvalue weighted by Crippen LogP contribution is -2.52. The van der Waals surface area contributed by atoms with E-state index < -0.39 is 0 Å². The molecule has 98 valence electrons. The average molecular weight is 311 g/mol. The Hall–Kier alpha value is -0.870. The number of carbonyl (C=O) groups excluding carboxylic acids is 1. The van der Waals surface area contributed by atoms with Gasteiger partial charge in [-0.15, -0.1) is 0 Å². The standard InChI is InChI=1S/C14H19BrN2O/c1-2-14(8-3-9-14)16-10-13(18)17-12-6-4-11(15)5-7-12/h4-7,16H,2-3,8-10H2,1H3,(H,17,18). The topological polar surface area (TPSA) is 41.1 Å². The van der Waals surface area contributed by atoms with Crippen molar-refractivity contribution < 1.29 is 4.79 Å². The summed E-state index contributed by atoms with van der Waals surface area (Å²) in [5, 5.41) is 6.28. The van der Waals surface area contributed by atoms with Crippen molar-refractivity contribution in [1.29, 1.82) is 0 Å². The summed E-state index contributed by atoms with van der Waals surface area (Å²) in [5.41, 5.74) is 1.06. The number of anilines is 1. The highest BCUT2D eigenvalue weighted by molar-refractivity contribution is 9.10. The summed E-state index contributed by atoms with van der Waals surface area (Å²) in [5.74, 6) is 0.0250. The van der Waals surface area contributed by atoms with E-state index in [1.165, 1.54) is 19.3 Å². The Morgan fingerprint density at radius 3 is 2.50 bits per heavy atom. The molecule has 0 heterocycles. The van der Waals surface area contributed by atoms with Gasteiger partial charge in [-0.3, -0.25) is 4.79 Å². The minimum Gasteiger partial charge on any atom is -0.325 e. The van der Waals surface area contributed by atoms with Gasteiger partial charge in [-0.2, -0.15) is 0 Å². The van der Waals surface area contributed by atoms with Crippen LogP contribution in [0.4, 0.5) is 5.69 Å². The van der Waals surface area contributed by atoms with Crippen molar-refractivity contribution in [2.75, 3.05) is 11.9 Å². The first kappa shape index (κ1) is 13.6. The molecular formula is C14H19BrN2O. The predicted octanol–water partition coefficient (Wildman–Crippen LogP) is 3.31. The zero-order valence-electron chi connectivity index (χ0n) is 10.6. The summed E-state index contributed by atoms with van der Waals surface area (Å²) in [6.07, 6.45) is 4.75. The van der Waals surface area contributed by atoms with Crippen LogP contribution >= 0.6 is 15.9 Å². The van der Waals surface area contributed by atoms with Gasteiger partial charge in [-0.1, -0.05) is 22.9 Å². The lowest BCUT2D eigenvalue weighted by Gasteiger charge is -2.42. The quantitative estimate of drug-likeness (QED) is 0.876. The van der Waals surface area contributed by atoms with Gasteiger partial charge >= 0.3 is 0 Å². The normalized spacial score (nSPS) is 17.0. The molecule has 1 aromatic carbocycles. The zero-order chi connectivity index (χ0) is 13.0. The molecule has 4 heteroatoms. The summed E-state index contributed by atoms with van der Waals surface area (Å²) >= 11 is 3.37. The first-order chi connectivity index (χ1) is 8.63. The number of hydrogen-bond acceptors (Lipinski definition) is 2. The lowest BCUT2D eigenvalue weighted by atomic mass is 9.75. The Bertz CT molecular complexity index is 407. The monoisotopic (exact) mass is 310 g/mol. The highest BCUT2D eigenvalue weighted by Crippen LogP contribution is 2.34. The smallest absolute Gasteiger partial charge is 0.238 e. The molecule has 3 nitrogen and oxygen atoms in total. The molecule has 0 saturated heterocycles. The van der Waals surface area contributed by atoms with Crippen molar-refractivity contribution in [3.05, 3.63) is 28.7 Å². The number of hydrogen-bond donors (Lipinski definition) is 2. The van der Waals surface area contributed by atoms with Gasteiger partial charge in [0.15, 0.2) is 0 Å². The van der Waals surface area contributed by atoms with Crippen LogP contribution in [0, 0.1) is 0 Å². The maximum atomic E-state index is 11.8. The molecule has 0 aromatic heterocycles. The molecule has 2 N–H and O–H groups in total.